The van der Waals surface area contributed by atoms with Crippen LogP contribution in [-0.4, -0.2) is 20.1 Å². The van der Waals surface area contributed by atoms with Crippen molar-refractivity contribution in [2.45, 2.75) is 95.3 Å². The highest BCUT2D eigenvalue weighted by molar-refractivity contribution is 7.85. The molecule has 5 heteroatoms. The summed E-state index contributed by atoms with van der Waals surface area (Å²) in [6.07, 6.45) is 16.9. The molecule has 0 bridgehead atoms. The zero-order chi connectivity index (χ0) is 21.8. The van der Waals surface area contributed by atoms with Crippen molar-refractivity contribution < 1.29 is 17.7 Å². The molecule has 0 radical (unpaired) electrons. The molecule has 0 saturated carbocycles. The van der Waals surface area contributed by atoms with Gasteiger partial charge in [-0.1, -0.05) is 89.7 Å². The molecule has 0 unspecified atom stereocenters. The standard InChI is InChI=1S/C25H38O4S/c1-3-4-5-6-7-8-9-10-11-12-13-14-15-21-16-19-25(29-2)24-20-22(30(26,27)28)17-18-23(21)24/h16-20H,3-15H2,1-2H3,(H,26,27,28). The Morgan fingerprint density at radius 2 is 1.33 bits per heavy atom. The summed E-state index contributed by atoms with van der Waals surface area (Å²) in [5, 5.41) is 1.72. The van der Waals surface area contributed by atoms with Crippen LogP contribution in [0, 0.1) is 0 Å². The second-order valence-corrected chi connectivity index (χ2v) is 9.67. The molecule has 0 saturated heterocycles. The van der Waals surface area contributed by atoms with Gasteiger partial charge in [0.15, 0.2) is 0 Å². The first-order valence-electron chi connectivity index (χ1n) is 11.5. The maximum absolute atomic E-state index is 11.5. The van der Waals surface area contributed by atoms with E-state index in [9.17, 15) is 13.0 Å². The minimum Gasteiger partial charge on any atom is -0.496 e. The van der Waals surface area contributed by atoms with Crippen LogP contribution in [0.5, 0.6) is 5.75 Å². The molecular formula is C25H38O4S. The number of fused-ring (bicyclic) bond motifs is 1. The normalized spacial score (nSPS) is 11.8. The lowest BCUT2D eigenvalue weighted by molar-refractivity contribution is 0.419. The summed E-state index contributed by atoms with van der Waals surface area (Å²) in [7, 11) is -2.66. The summed E-state index contributed by atoms with van der Waals surface area (Å²) in [6, 6.07) is 8.67. The van der Waals surface area contributed by atoms with Crippen molar-refractivity contribution in [1.82, 2.24) is 0 Å². The van der Waals surface area contributed by atoms with Crippen molar-refractivity contribution in [2.75, 3.05) is 7.11 Å². The van der Waals surface area contributed by atoms with Gasteiger partial charge in [-0.3, -0.25) is 4.55 Å². The van der Waals surface area contributed by atoms with E-state index in [0.29, 0.717) is 5.75 Å². The third-order valence-corrected chi connectivity index (χ3v) is 6.71. The van der Waals surface area contributed by atoms with Crippen molar-refractivity contribution in [1.29, 1.82) is 0 Å². The van der Waals surface area contributed by atoms with Crippen LogP contribution in [0.2, 0.25) is 0 Å². The van der Waals surface area contributed by atoms with E-state index in [2.05, 4.69) is 13.0 Å². The number of aryl methyl sites for hydroxylation is 1. The van der Waals surface area contributed by atoms with Gasteiger partial charge in [0.1, 0.15) is 5.75 Å². The molecular weight excluding hydrogens is 396 g/mol. The monoisotopic (exact) mass is 434 g/mol. The van der Waals surface area contributed by atoms with Crippen LogP contribution in [0.3, 0.4) is 0 Å². The predicted molar refractivity (Wildman–Crippen MR) is 125 cm³/mol. The highest BCUT2D eigenvalue weighted by Crippen LogP contribution is 2.31. The van der Waals surface area contributed by atoms with Crippen LogP contribution in [0.15, 0.2) is 35.2 Å². The summed E-state index contributed by atoms with van der Waals surface area (Å²) < 4.78 is 37.7. The molecule has 0 aromatic heterocycles. The molecule has 168 valence electrons. The number of benzene rings is 2. The van der Waals surface area contributed by atoms with Crippen molar-refractivity contribution >= 4 is 20.9 Å². The number of rotatable bonds is 15. The lowest BCUT2D eigenvalue weighted by Gasteiger charge is -2.12. The molecule has 0 aliphatic carbocycles. The first kappa shape index (κ1) is 24.7. The first-order valence-corrected chi connectivity index (χ1v) is 13.0. The minimum atomic E-state index is -4.23. The Labute approximate surface area is 182 Å². The second-order valence-electron chi connectivity index (χ2n) is 8.25. The van der Waals surface area contributed by atoms with E-state index in [4.69, 9.17) is 4.74 Å². The first-order chi connectivity index (χ1) is 14.5. The van der Waals surface area contributed by atoms with Crippen LogP contribution in [-0.2, 0) is 16.5 Å². The molecule has 0 spiro atoms. The van der Waals surface area contributed by atoms with Gasteiger partial charge in [0.25, 0.3) is 10.1 Å². The molecule has 2 aromatic rings. The highest BCUT2D eigenvalue weighted by atomic mass is 32.2. The topological polar surface area (TPSA) is 63.6 Å². The second kappa shape index (κ2) is 13.0. The Balaban J connectivity index is 1.77. The Morgan fingerprint density at radius 3 is 1.87 bits per heavy atom. The van der Waals surface area contributed by atoms with Gasteiger partial charge in [0.05, 0.1) is 12.0 Å². The molecule has 2 rings (SSSR count). The van der Waals surface area contributed by atoms with Crippen molar-refractivity contribution in [3.63, 3.8) is 0 Å². The van der Waals surface area contributed by atoms with Crippen LogP contribution in [0.25, 0.3) is 10.8 Å². The van der Waals surface area contributed by atoms with Crippen LogP contribution in [0.1, 0.15) is 89.5 Å². The largest absolute Gasteiger partial charge is 0.496 e. The zero-order valence-electron chi connectivity index (χ0n) is 18.7. The fourth-order valence-electron chi connectivity index (χ4n) is 4.08. The average Bonchev–Trinajstić information content (AvgIpc) is 2.73. The Hall–Kier alpha value is -1.59. The van der Waals surface area contributed by atoms with E-state index in [1.165, 1.54) is 88.3 Å². The van der Waals surface area contributed by atoms with Crippen LogP contribution < -0.4 is 4.74 Å². The van der Waals surface area contributed by atoms with Crippen LogP contribution in [0.4, 0.5) is 0 Å². The van der Waals surface area contributed by atoms with E-state index in [1.807, 2.05) is 6.07 Å². The molecule has 2 aromatic carbocycles. The smallest absolute Gasteiger partial charge is 0.294 e. The fourth-order valence-corrected chi connectivity index (χ4v) is 4.58. The quantitative estimate of drug-likeness (QED) is 0.235. The lowest BCUT2D eigenvalue weighted by atomic mass is 9.98. The summed E-state index contributed by atoms with van der Waals surface area (Å²) in [5.41, 5.74) is 1.19. The van der Waals surface area contributed by atoms with Crippen molar-refractivity contribution in [3.05, 3.63) is 35.9 Å². The zero-order valence-corrected chi connectivity index (χ0v) is 19.5. The summed E-state index contributed by atoms with van der Waals surface area (Å²) in [6.45, 7) is 2.26. The third kappa shape index (κ3) is 7.92. The molecule has 0 aliphatic heterocycles. The van der Waals surface area contributed by atoms with Gasteiger partial charge in [0.2, 0.25) is 0 Å². The Morgan fingerprint density at radius 1 is 0.767 bits per heavy atom. The third-order valence-electron chi connectivity index (χ3n) is 5.86. The number of hydrogen-bond donors (Lipinski definition) is 1. The minimum absolute atomic E-state index is 0.101. The number of unbranched alkanes of at least 4 members (excludes halogenated alkanes) is 11. The van der Waals surface area contributed by atoms with Crippen molar-refractivity contribution in [2.24, 2.45) is 0 Å². The van der Waals surface area contributed by atoms with Crippen LogP contribution >= 0.6 is 0 Å². The summed E-state index contributed by atoms with van der Waals surface area (Å²) >= 11 is 0. The highest BCUT2D eigenvalue weighted by Gasteiger charge is 2.13. The molecule has 0 atom stereocenters. The van der Waals surface area contributed by atoms with E-state index < -0.39 is 10.1 Å². The Kier molecular flexibility index (Phi) is 10.7. The molecule has 4 nitrogen and oxygen atoms in total. The van der Waals surface area contributed by atoms with Gasteiger partial charge in [-0.05, 0) is 42.0 Å². The van der Waals surface area contributed by atoms with Gasteiger partial charge < -0.3 is 4.74 Å². The summed E-state index contributed by atoms with van der Waals surface area (Å²) in [5.74, 6) is 0.619. The maximum atomic E-state index is 11.5. The van der Waals surface area contributed by atoms with Gasteiger partial charge >= 0.3 is 0 Å². The molecule has 0 amide bonds. The Bertz CT molecular complexity index is 874. The molecule has 1 N–H and O–H groups in total. The van der Waals surface area contributed by atoms with Gasteiger partial charge in [-0.15, -0.1) is 0 Å². The summed E-state index contributed by atoms with van der Waals surface area (Å²) in [4.78, 5) is -0.101. The van der Waals surface area contributed by atoms with Gasteiger partial charge in [-0.25, -0.2) is 0 Å². The number of methoxy groups -OCH3 is 1. The lowest BCUT2D eigenvalue weighted by Crippen LogP contribution is -1.99. The van der Waals surface area contributed by atoms with Gasteiger partial charge in [-0.2, -0.15) is 8.42 Å². The van der Waals surface area contributed by atoms with E-state index in [0.717, 1.165) is 23.6 Å². The predicted octanol–water partition coefficient (Wildman–Crippen LogP) is 7.34. The number of hydrogen-bond acceptors (Lipinski definition) is 3. The number of ether oxygens (including phenoxy) is 1. The van der Waals surface area contributed by atoms with E-state index in [1.54, 1.807) is 13.2 Å². The molecule has 0 aliphatic rings. The van der Waals surface area contributed by atoms with E-state index >= 15 is 0 Å². The van der Waals surface area contributed by atoms with E-state index in [-0.39, 0.29) is 4.90 Å². The molecule has 0 fully saturated rings. The maximum Gasteiger partial charge on any atom is 0.294 e. The van der Waals surface area contributed by atoms with Crippen molar-refractivity contribution in [3.8, 4) is 5.75 Å². The van der Waals surface area contributed by atoms with Gasteiger partial charge in [0, 0.05) is 5.39 Å². The average molecular weight is 435 g/mol. The fraction of sp³-hybridized carbons (Fsp3) is 0.600. The molecule has 30 heavy (non-hydrogen) atoms. The SMILES string of the molecule is CCCCCCCCCCCCCCc1ccc(OC)c2cc(S(=O)(=O)O)ccc12. The molecule has 0 heterocycles.